The zero-order valence-corrected chi connectivity index (χ0v) is 13.1. The fourth-order valence-corrected chi connectivity index (χ4v) is 4.08. The van der Waals surface area contributed by atoms with Crippen molar-refractivity contribution in [1.29, 1.82) is 0 Å². The second-order valence-electron chi connectivity index (χ2n) is 5.06. The maximum atomic E-state index is 6.23. The van der Waals surface area contributed by atoms with E-state index in [0.29, 0.717) is 11.1 Å². The molecule has 0 saturated heterocycles. The number of thiazole rings is 1. The Hall–Kier alpha value is -0.970. The van der Waals surface area contributed by atoms with E-state index in [1.165, 1.54) is 23.4 Å². The maximum absolute atomic E-state index is 6.23. The van der Waals surface area contributed by atoms with Crippen molar-refractivity contribution in [3.05, 3.63) is 33.9 Å². The van der Waals surface area contributed by atoms with E-state index < -0.39 is 0 Å². The van der Waals surface area contributed by atoms with Gasteiger partial charge in [-0.3, -0.25) is 4.98 Å². The van der Waals surface area contributed by atoms with Crippen LogP contribution in [0.15, 0.2) is 18.3 Å². The number of rotatable bonds is 4. The van der Waals surface area contributed by atoms with Gasteiger partial charge in [0.25, 0.3) is 0 Å². The summed E-state index contributed by atoms with van der Waals surface area (Å²) in [6.07, 6.45) is 6.40. The number of nitrogens with zero attached hydrogens (tertiary/aromatic N) is 2. The molecule has 1 unspecified atom stereocenters. The van der Waals surface area contributed by atoms with Gasteiger partial charge in [0.05, 0.1) is 10.7 Å². The summed E-state index contributed by atoms with van der Waals surface area (Å²) in [5, 5.41) is 5.25. The van der Waals surface area contributed by atoms with Crippen LogP contribution in [0, 0.1) is 0 Å². The molecule has 0 amide bonds. The Labute approximate surface area is 128 Å². The molecule has 0 bridgehead atoms. The minimum Gasteiger partial charge on any atom is -0.309 e. The highest BCUT2D eigenvalue weighted by Crippen LogP contribution is 2.38. The molecular formula is C15H18ClN3S. The molecule has 1 aliphatic carbocycles. The van der Waals surface area contributed by atoms with Crippen molar-refractivity contribution in [2.75, 3.05) is 6.54 Å². The number of aromatic nitrogens is 2. The van der Waals surface area contributed by atoms with Crippen LogP contribution in [0.3, 0.4) is 0 Å². The Balaban J connectivity index is 1.93. The fraction of sp³-hybridized carbons (Fsp3) is 0.467. The number of hydrogen-bond donors (Lipinski definition) is 1. The van der Waals surface area contributed by atoms with Gasteiger partial charge in [0.1, 0.15) is 10.7 Å². The number of halogens is 1. The molecule has 20 heavy (non-hydrogen) atoms. The Morgan fingerprint density at radius 3 is 3.20 bits per heavy atom. The van der Waals surface area contributed by atoms with Crippen LogP contribution < -0.4 is 5.32 Å². The lowest BCUT2D eigenvalue weighted by Gasteiger charge is -2.22. The summed E-state index contributed by atoms with van der Waals surface area (Å²) in [4.78, 5) is 10.5. The van der Waals surface area contributed by atoms with Gasteiger partial charge in [-0.1, -0.05) is 18.5 Å². The van der Waals surface area contributed by atoms with Crippen LogP contribution >= 0.6 is 22.9 Å². The van der Waals surface area contributed by atoms with Gasteiger partial charge in [0, 0.05) is 17.1 Å². The predicted octanol–water partition coefficient (Wildman–Crippen LogP) is 4.24. The van der Waals surface area contributed by atoms with E-state index in [9.17, 15) is 0 Å². The first kappa shape index (κ1) is 14.0. The van der Waals surface area contributed by atoms with Crippen molar-refractivity contribution in [3.63, 3.8) is 0 Å². The van der Waals surface area contributed by atoms with Gasteiger partial charge in [-0.25, -0.2) is 4.98 Å². The largest absolute Gasteiger partial charge is 0.309 e. The molecule has 0 aliphatic heterocycles. The van der Waals surface area contributed by atoms with E-state index in [1.54, 1.807) is 17.5 Å². The van der Waals surface area contributed by atoms with E-state index in [2.05, 4.69) is 17.2 Å². The van der Waals surface area contributed by atoms with Gasteiger partial charge >= 0.3 is 0 Å². The monoisotopic (exact) mass is 307 g/mol. The van der Waals surface area contributed by atoms with Crippen molar-refractivity contribution in [3.8, 4) is 10.7 Å². The fourth-order valence-electron chi connectivity index (χ4n) is 2.58. The van der Waals surface area contributed by atoms with Crippen molar-refractivity contribution < 1.29 is 0 Å². The summed E-state index contributed by atoms with van der Waals surface area (Å²) in [5.41, 5.74) is 2.04. The number of pyridine rings is 1. The molecule has 0 saturated carbocycles. The summed E-state index contributed by atoms with van der Waals surface area (Å²) in [6.45, 7) is 3.25. The van der Waals surface area contributed by atoms with Crippen molar-refractivity contribution in [2.24, 2.45) is 0 Å². The molecule has 2 aromatic rings. The van der Waals surface area contributed by atoms with Crippen LogP contribution in [-0.2, 0) is 6.42 Å². The molecule has 0 aromatic carbocycles. The summed E-state index contributed by atoms with van der Waals surface area (Å²) in [7, 11) is 0. The first-order valence-electron chi connectivity index (χ1n) is 7.13. The van der Waals surface area contributed by atoms with E-state index in [4.69, 9.17) is 16.6 Å². The van der Waals surface area contributed by atoms with Gasteiger partial charge in [0.15, 0.2) is 0 Å². The zero-order chi connectivity index (χ0) is 13.9. The minimum atomic E-state index is 0.451. The van der Waals surface area contributed by atoms with Crippen LogP contribution in [0.1, 0.15) is 42.8 Å². The van der Waals surface area contributed by atoms with Crippen LogP contribution in [0.5, 0.6) is 0 Å². The number of hydrogen-bond acceptors (Lipinski definition) is 4. The number of fused-ring (bicyclic) bond motifs is 1. The number of nitrogens with one attached hydrogen (secondary N) is 1. The smallest absolute Gasteiger partial charge is 0.143 e. The molecule has 2 heterocycles. The Bertz CT molecular complexity index is 597. The molecule has 1 aliphatic rings. The molecule has 0 fully saturated rings. The molecule has 5 heteroatoms. The highest BCUT2D eigenvalue weighted by molar-refractivity contribution is 7.15. The van der Waals surface area contributed by atoms with Crippen LogP contribution in [0.25, 0.3) is 10.7 Å². The van der Waals surface area contributed by atoms with Gasteiger partial charge in [-0.2, -0.15) is 0 Å². The second-order valence-corrected chi connectivity index (χ2v) is 6.50. The highest BCUT2D eigenvalue weighted by Gasteiger charge is 2.25. The maximum Gasteiger partial charge on any atom is 0.143 e. The van der Waals surface area contributed by atoms with Gasteiger partial charge in [0.2, 0.25) is 0 Å². The summed E-state index contributed by atoms with van der Waals surface area (Å²) < 4.78 is 0. The van der Waals surface area contributed by atoms with Crippen LogP contribution in [0.4, 0.5) is 0 Å². The van der Waals surface area contributed by atoms with Gasteiger partial charge in [-0.05, 0) is 44.4 Å². The lowest BCUT2D eigenvalue weighted by molar-refractivity contribution is 0.465. The van der Waals surface area contributed by atoms with E-state index in [-0.39, 0.29) is 0 Å². The third kappa shape index (κ3) is 2.73. The lowest BCUT2D eigenvalue weighted by Crippen LogP contribution is -2.24. The minimum absolute atomic E-state index is 0.451. The van der Waals surface area contributed by atoms with E-state index in [0.717, 1.165) is 30.1 Å². The molecule has 0 spiro atoms. The zero-order valence-electron chi connectivity index (χ0n) is 11.5. The lowest BCUT2D eigenvalue weighted by atomic mass is 9.98. The van der Waals surface area contributed by atoms with Crippen molar-refractivity contribution >= 4 is 22.9 Å². The Kier molecular flexibility index (Phi) is 4.34. The van der Waals surface area contributed by atoms with E-state index in [1.807, 2.05) is 12.1 Å². The third-order valence-electron chi connectivity index (χ3n) is 3.55. The molecule has 2 aromatic heterocycles. The standard InChI is InChI=1S/C15H18ClN3S/c1-2-8-17-11-6-3-7-12-14(11)20-15(19-12)13-10(16)5-4-9-18-13/h4-5,9,11,17H,2-3,6-8H2,1H3. The first-order chi connectivity index (χ1) is 9.79. The highest BCUT2D eigenvalue weighted by atomic mass is 35.5. The molecular weight excluding hydrogens is 290 g/mol. The average Bonchev–Trinajstić information content (AvgIpc) is 2.89. The third-order valence-corrected chi connectivity index (χ3v) is 5.08. The van der Waals surface area contributed by atoms with Gasteiger partial charge < -0.3 is 5.32 Å². The molecule has 1 N–H and O–H groups in total. The van der Waals surface area contributed by atoms with Crippen molar-refractivity contribution in [2.45, 2.75) is 38.6 Å². The predicted molar refractivity (Wildman–Crippen MR) is 84.3 cm³/mol. The SMILES string of the molecule is CCCNC1CCCc2nc(-c3ncccc3Cl)sc21. The second kappa shape index (κ2) is 6.20. The molecule has 3 rings (SSSR count). The van der Waals surface area contributed by atoms with Gasteiger partial charge in [-0.15, -0.1) is 11.3 Å². The molecule has 0 radical (unpaired) electrons. The summed E-state index contributed by atoms with van der Waals surface area (Å²) in [5.74, 6) is 0. The summed E-state index contributed by atoms with van der Waals surface area (Å²) >= 11 is 7.97. The van der Waals surface area contributed by atoms with Crippen LogP contribution in [0.2, 0.25) is 5.02 Å². The van der Waals surface area contributed by atoms with E-state index >= 15 is 0 Å². The molecule has 3 nitrogen and oxygen atoms in total. The quantitative estimate of drug-likeness (QED) is 0.918. The van der Waals surface area contributed by atoms with Crippen molar-refractivity contribution in [1.82, 2.24) is 15.3 Å². The Morgan fingerprint density at radius 2 is 2.40 bits per heavy atom. The summed E-state index contributed by atoms with van der Waals surface area (Å²) in [6, 6.07) is 4.18. The number of aryl methyl sites for hydroxylation is 1. The first-order valence-corrected chi connectivity index (χ1v) is 8.33. The molecule has 106 valence electrons. The topological polar surface area (TPSA) is 37.8 Å². The van der Waals surface area contributed by atoms with Crippen LogP contribution in [-0.4, -0.2) is 16.5 Å². The molecule has 1 atom stereocenters. The normalized spacial score (nSPS) is 18.0. The average molecular weight is 308 g/mol. The Morgan fingerprint density at radius 1 is 1.50 bits per heavy atom.